The molecule has 166 valence electrons. The minimum absolute atomic E-state index is 0.217. The molecule has 0 radical (unpaired) electrons. The maximum atomic E-state index is 11.6. The van der Waals surface area contributed by atoms with Crippen LogP contribution in [0.15, 0.2) is 48.5 Å². The molecule has 3 aromatic rings. The number of carbonyl (C=O) groups is 1. The number of carboxylic acids is 1. The predicted octanol–water partition coefficient (Wildman–Crippen LogP) is 4.83. The van der Waals surface area contributed by atoms with Crippen molar-refractivity contribution >= 4 is 23.1 Å². The van der Waals surface area contributed by atoms with Gasteiger partial charge in [0, 0.05) is 23.6 Å². The van der Waals surface area contributed by atoms with Crippen molar-refractivity contribution in [3.63, 3.8) is 0 Å². The van der Waals surface area contributed by atoms with Gasteiger partial charge in [0.2, 0.25) is 0 Å². The highest BCUT2D eigenvalue weighted by molar-refractivity contribution is 6.30. The number of fused-ring (bicyclic) bond motifs is 2. The number of aliphatic carboxylic acids is 1. The summed E-state index contributed by atoms with van der Waals surface area (Å²) in [4.78, 5) is 16.1. The number of aliphatic hydroxyl groups is 1. The largest absolute Gasteiger partial charge is 0.488 e. The lowest BCUT2D eigenvalue weighted by atomic mass is 9.93. The molecule has 6 nitrogen and oxygen atoms in total. The zero-order chi connectivity index (χ0) is 22.7. The van der Waals surface area contributed by atoms with Crippen LogP contribution in [0.3, 0.4) is 0 Å². The van der Waals surface area contributed by atoms with Gasteiger partial charge in [-0.3, -0.25) is 0 Å². The number of benzene rings is 2. The lowest BCUT2D eigenvalue weighted by molar-refractivity contribution is -0.131. The Bertz CT molecular complexity index is 1180. The molecule has 0 saturated heterocycles. The summed E-state index contributed by atoms with van der Waals surface area (Å²) in [6, 6.07) is 13.4. The average molecular weight is 453 g/mol. The average Bonchev–Trinajstić information content (AvgIpc) is 3.00. The van der Waals surface area contributed by atoms with Gasteiger partial charge in [0.15, 0.2) is 0 Å². The Kier molecular flexibility index (Phi) is 6.63. The number of aryl methyl sites for hydroxylation is 1. The van der Waals surface area contributed by atoms with Gasteiger partial charge in [0.25, 0.3) is 0 Å². The number of aromatic nitrogens is 2. The minimum Gasteiger partial charge on any atom is -0.488 e. The zero-order valence-corrected chi connectivity index (χ0v) is 18.6. The fourth-order valence-corrected chi connectivity index (χ4v) is 4.26. The Morgan fingerprint density at radius 1 is 1.25 bits per heavy atom. The van der Waals surface area contributed by atoms with E-state index in [0.29, 0.717) is 35.3 Å². The molecule has 2 aromatic carbocycles. The first-order valence-electron chi connectivity index (χ1n) is 10.7. The van der Waals surface area contributed by atoms with E-state index in [1.165, 1.54) is 6.08 Å². The molecule has 0 spiro atoms. The molecular weight excluding hydrogens is 428 g/mol. The third-order valence-electron chi connectivity index (χ3n) is 5.59. The summed E-state index contributed by atoms with van der Waals surface area (Å²) in [7, 11) is 0. The standard InChI is InChI=1S/C25H25ClN2O4/c1-2-3-8-23-27-21(14-29)25(26)28(23)13-16-9-10-22-20(11-16)19(12-24(30)31)18-7-5-4-6-17(18)15-32-22/h4-7,9-12,29H,2-3,8,13-15H2,1H3,(H,30,31). The van der Waals surface area contributed by atoms with Crippen molar-refractivity contribution in [2.24, 2.45) is 0 Å². The Hall–Kier alpha value is -3.09. The number of rotatable bonds is 7. The van der Waals surface area contributed by atoms with E-state index in [2.05, 4.69) is 11.9 Å². The SMILES string of the molecule is CCCCc1nc(CO)c(Cl)n1Cc1ccc2c(c1)C(=CC(=O)O)c1ccccc1CO2. The van der Waals surface area contributed by atoms with E-state index in [1.807, 2.05) is 47.0 Å². The van der Waals surface area contributed by atoms with E-state index in [9.17, 15) is 15.0 Å². The van der Waals surface area contributed by atoms with Gasteiger partial charge in [-0.15, -0.1) is 0 Å². The number of aliphatic hydroxyl groups excluding tert-OH is 1. The Balaban J connectivity index is 1.78. The maximum Gasteiger partial charge on any atom is 0.328 e. The minimum atomic E-state index is -1.01. The van der Waals surface area contributed by atoms with E-state index in [4.69, 9.17) is 16.3 Å². The van der Waals surface area contributed by atoms with Crippen LogP contribution in [0.5, 0.6) is 5.75 Å². The van der Waals surface area contributed by atoms with Crippen LogP contribution in [0.25, 0.3) is 5.57 Å². The normalized spacial score (nSPS) is 13.9. The van der Waals surface area contributed by atoms with Crippen LogP contribution in [0.1, 0.15) is 53.5 Å². The number of halogens is 1. The van der Waals surface area contributed by atoms with Crippen molar-refractivity contribution in [3.05, 3.63) is 87.5 Å². The molecule has 0 fully saturated rings. The van der Waals surface area contributed by atoms with Crippen LogP contribution in [0.4, 0.5) is 0 Å². The fourth-order valence-electron chi connectivity index (χ4n) is 4.00. The van der Waals surface area contributed by atoms with Gasteiger partial charge < -0.3 is 19.5 Å². The van der Waals surface area contributed by atoms with Crippen LogP contribution >= 0.6 is 11.6 Å². The van der Waals surface area contributed by atoms with Gasteiger partial charge in [-0.05, 0) is 35.2 Å². The van der Waals surface area contributed by atoms with Crippen LogP contribution in [0, 0.1) is 0 Å². The van der Waals surface area contributed by atoms with E-state index >= 15 is 0 Å². The smallest absolute Gasteiger partial charge is 0.328 e. The molecule has 32 heavy (non-hydrogen) atoms. The highest BCUT2D eigenvalue weighted by Crippen LogP contribution is 2.37. The van der Waals surface area contributed by atoms with Crippen molar-refractivity contribution in [1.82, 2.24) is 9.55 Å². The van der Waals surface area contributed by atoms with Gasteiger partial charge >= 0.3 is 5.97 Å². The van der Waals surface area contributed by atoms with Crippen molar-refractivity contribution in [2.75, 3.05) is 0 Å². The highest BCUT2D eigenvalue weighted by Gasteiger charge is 2.21. The summed E-state index contributed by atoms with van der Waals surface area (Å²) in [6.45, 7) is 2.72. The van der Waals surface area contributed by atoms with Crippen molar-refractivity contribution in [3.8, 4) is 5.75 Å². The second-order valence-corrected chi connectivity index (χ2v) is 8.14. The number of ether oxygens (including phenoxy) is 1. The van der Waals surface area contributed by atoms with Gasteiger partial charge in [-0.25, -0.2) is 9.78 Å². The molecule has 0 atom stereocenters. The maximum absolute atomic E-state index is 11.6. The summed E-state index contributed by atoms with van der Waals surface area (Å²) in [6.07, 6.45) is 4.00. The summed E-state index contributed by atoms with van der Waals surface area (Å²) in [5.41, 5.74) is 4.52. The van der Waals surface area contributed by atoms with E-state index < -0.39 is 5.97 Å². The molecule has 0 amide bonds. The van der Waals surface area contributed by atoms with Crippen LogP contribution in [-0.4, -0.2) is 25.7 Å². The van der Waals surface area contributed by atoms with E-state index in [0.717, 1.165) is 47.3 Å². The van der Waals surface area contributed by atoms with Gasteiger partial charge in [-0.2, -0.15) is 0 Å². The molecule has 0 aliphatic carbocycles. The number of imidazole rings is 1. The van der Waals surface area contributed by atoms with E-state index in [1.54, 1.807) is 0 Å². The molecule has 4 rings (SSSR count). The summed E-state index contributed by atoms with van der Waals surface area (Å²) < 4.78 is 7.92. The third-order valence-corrected chi connectivity index (χ3v) is 6.01. The molecule has 2 N–H and O–H groups in total. The second-order valence-electron chi connectivity index (χ2n) is 7.79. The predicted molar refractivity (Wildman–Crippen MR) is 123 cm³/mol. The Morgan fingerprint density at radius 3 is 2.81 bits per heavy atom. The lowest BCUT2D eigenvalue weighted by Crippen LogP contribution is -2.06. The second kappa shape index (κ2) is 9.59. The van der Waals surface area contributed by atoms with E-state index in [-0.39, 0.29) is 6.61 Å². The fraction of sp³-hybridized carbons (Fsp3) is 0.280. The molecule has 0 unspecified atom stereocenters. The van der Waals surface area contributed by atoms with Crippen LogP contribution < -0.4 is 4.74 Å². The van der Waals surface area contributed by atoms with Crippen molar-refractivity contribution in [2.45, 2.75) is 45.9 Å². The molecule has 1 aliphatic rings. The highest BCUT2D eigenvalue weighted by atomic mass is 35.5. The molecule has 1 aliphatic heterocycles. The number of nitrogens with zero attached hydrogens (tertiary/aromatic N) is 2. The number of carboxylic acid groups (broad SMARTS) is 1. The lowest BCUT2D eigenvalue weighted by Gasteiger charge is -2.14. The molecular formula is C25H25ClN2O4. The monoisotopic (exact) mass is 452 g/mol. The number of hydrogen-bond acceptors (Lipinski definition) is 4. The first kappa shape index (κ1) is 22.1. The van der Waals surface area contributed by atoms with Crippen LogP contribution in [0.2, 0.25) is 5.15 Å². The van der Waals surface area contributed by atoms with Crippen molar-refractivity contribution < 1.29 is 19.7 Å². The molecule has 0 saturated carbocycles. The topological polar surface area (TPSA) is 84.6 Å². The zero-order valence-electron chi connectivity index (χ0n) is 17.8. The van der Waals surface area contributed by atoms with Crippen LogP contribution in [-0.2, 0) is 31.0 Å². The van der Waals surface area contributed by atoms with Gasteiger partial charge in [-0.1, -0.05) is 55.3 Å². The summed E-state index contributed by atoms with van der Waals surface area (Å²) >= 11 is 6.52. The van der Waals surface area contributed by atoms with Gasteiger partial charge in [0.05, 0.1) is 13.2 Å². The Morgan fingerprint density at radius 2 is 2.06 bits per heavy atom. The first-order chi connectivity index (χ1) is 15.5. The number of hydrogen-bond donors (Lipinski definition) is 2. The number of unbranched alkanes of at least 4 members (excludes halogenated alkanes) is 1. The quantitative estimate of drug-likeness (QED) is 0.501. The molecule has 1 aromatic heterocycles. The van der Waals surface area contributed by atoms with Crippen molar-refractivity contribution in [1.29, 1.82) is 0 Å². The van der Waals surface area contributed by atoms with Gasteiger partial charge in [0.1, 0.15) is 29.0 Å². The Labute approximate surface area is 191 Å². The first-order valence-corrected chi connectivity index (χ1v) is 11.0. The third kappa shape index (κ3) is 4.42. The molecule has 7 heteroatoms. The summed E-state index contributed by atoms with van der Waals surface area (Å²) in [5.74, 6) is 0.454. The molecule has 0 bridgehead atoms. The summed E-state index contributed by atoms with van der Waals surface area (Å²) in [5, 5.41) is 19.6. The molecule has 2 heterocycles.